The molecule has 0 atom stereocenters. The Balaban J connectivity index is 3.08. The van der Waals surface area contributed by atoms with Crippen LogP contribution in [0.25, 0.3) is 0 Å². The van der Waals surface area contributed by atoms with Crippen molar-refractivity contribution < 1.29 is 9.66 Å². The molecule has 0 unspecified atom stereocenters. The predicted molar refractivity (Wildman–Crippen MR) is 63.2 cm³/mol. The van der Waals surface area contributed by atoms with E-state index >= 15 is 0 Å². The molecule has 0 aromatic carbocycles. The van der Waals surface area contributed by atoms with Crippen molar-refractivity contribution in [3.63, 3.8) is 0 Å². The maximum absolute atomic E-state index is 11.0. The molecule has 17 heavy (non-hydrogen) atoms. The van der Waals surface area contributed by atoms with Gasteiger partial charge in [0.05, 0.1) is 11.5 Å². The Bertz CT molecular complexity index is 395. The van der Waals surface area contributed by atoms with Crippen LogP contribution >= 0.6 is 0 Å². The quantitative estimate of drug-likeness (QED) is 0.604. The smallest absolute Gasteiger partial charge is 0.372 e. The minimum Gasteiger partial charge on any atom is -0.473 e. The molecule has 1 N–H and O–H groups in total. The SMILES string of the molecule is CCCOc1ncnc(NC(C)C)c1[N+](=O)[O-]. The highest BCUT2D eigenvalue weighted by Gasteiger charge is 2.24. The number of nitro groups is 1. The van der Waals surface area contributed by atoms with Gasteiger partial charge < -0.3 is 10.1 Å². The summed E-state index contributed by atoms with van der Waals surface area (Å²) in [5.74, 6) is 0.195. The summed E-state index contributed by atoms with van der Waals surface area (Å²) in [5, 5.41) is 13.9. The largest absolute Gasteiger partial charge is 0.473 e. The summed E-state index contributed by atoms with van der Waals surface area (Å²) in [6, 6.07) is 0.0441. The second-order valence-corrected chi connectivity index (χ2v) is 3.78. The summed E-state index contributed by atoms with van der Waals surface area (Å²) in [6.45, 7) is 6.05. The molecule has 0 aliphatic rings. The fraction of sp³-hybridized carbons (Fsp3) is 0.600. The van der Waals surface area contributed by atoms with E-state index in [1.165, 1.54) is 6.33 Å². The molecule has 7 heteroatoms. The summed E-state index contributed by atoms with van der Waals surface area (Å²) in [7, 11) is 0. The molecule has 0 amide bonds. The van der Waals surface area contributed by atoms with Crippen LogP contribution in [-0.2, 0) is 0 Å². The van der Waals surface area contributed by atoms with E-state index in [1.807, 2.05) is 20.8 Å². The Morgan fingerprint density at radius 1 is 1.53 bits per heavy atom. The number of nitrogens with one attached hydrogen (secondary N) is 1. The minimum atomic E-state index is -0.532. The van der Waals surface area contributed by atoms with Crippen LogP contribution in [0.1, 0.15) is 27.2 Å². The molecule has 0 bridgehead atoms. The third kappa shape index (κ3) is 3.54. The monoisotopic (exact) mass is 240 g/mol. The van der Waals surface area contributed by atoms with E-state index in [2.05, 4.69) is 15.3 Å². The Morgan fingerprint density at radius 3 is 2.76 bits per heavy atom. The van der Waals surface area contributed by atoms with Crippen LogP contribution in [0.5, 0.6) is 5.88 Å². The van der Waals surface area contributed by atoms with Crippen molar-refractivity contribution in [1.29, 1.82) is 0 Å². The molecule has 0 saturated carbocycles. The average Bonchev–Trinajstić information content (AvgIpc) is 2.25. The summed E-state index contributed by atoms with van der Waals surface area (Å²) < 4.78 is 5.24. The van der Waals surface area contributed by atoms with Crippen LogP contribution in [0, 0.1) is 10.1 Å². The van der Waals surface area contributed by atoms with Gasteiger partial charge in [0.25, 0.3) is 5.88 Å². The zero-order valence-electron chi connectivity index (χ0n) is 10.1. The minimum absolute atomic E-state index is 0.00926. The second-order valence-electron chi connectivity index (χ2n) is 3.78. The lowest BCUT2D eigenvalue weighted by Crippen LogP contribution is -2.14. The van der Waals surface area contributed by atoms with E-state index < -0.39 is 4.92 Å². The Kier molecular flexibility index (Phi) is 4.62. The second kappa shape index (κ2) is 5.97. The van der Waals surface area contributed by atoms with E-state index in [9.17, 15) is 10.1 Å². The maximum Gasteiger partial charge on any atom is 0.372 e. The molecular formula is C10H16N4O3. The van der Waals surface area contributed by atoms with Gasteiger partial charge in [-0.2, -0.15) is 4.98 Å². The molecule has 1 rings (SSSR count). The van der Waals surface area contributed by atoms with Crippen molar-refractivity contribution in [2.24, 2.45) is 0 Å². The zero-order chi connectivity index (χ0) is 12.8. The van der Waals surface area contributed by atoms with E-state index in [1.54, 1.807) is 0 Å². The molecular weight excluding hydrogens is 224 g/mol. The normalized spacial score (nSPS) is 10.4. The Hall–Kier alpha value is -1.92. The summed E-state index contributed by atoms with van der Waals surface area (Å²) >= 11 is 0. The van der Waals surface area contributed by atoms with Crippen LogP contribution < -0.4 is 10.1 Å². The van der Waals surface area contributed by atoms with Crippen molar-refractivity contribution in [3.05, 3.63) is 16.4 Å². The van der Waals surface area contributed by atoms with Crippen LogP contribution in [0.15, 0.2) is 6.33 Å². The molecule has 0 spiro atoms. The highest BCUT2D eigenvalue weighted by Crippen LogP contribution is 2.31. The number of nitrogens with zero attached hydrogens (tertiary/aromatic N) is 3. The van der Waals surface area contributed by atoms with Crippen molar-refractivity contribution in [1.82, 2.24) is 9.97 Å². The fourth-order valence-electron chi connectivity index (χ4n) is 1.21. The lowest BCUT2D eigenvalue weighted by atomic mass is 10.3. The van der Waals surface area contributed by atoms with Gasteiger partial charge in [-0.15, -0.1) is 0 Å². The van der Waals surface area contributed by atoms with Crippen LogP contribution in [0.4, 0.5) is 11.5 Å². The molecule has 1 aromatic rings. The van der Waals surface area contributed by atoms with Gasteiger partial charge >= 0.3 is 5.69 Å². The number of ether oxygens (including phenoxy) is 1. The summed E-state index contributed by atoms with van der Waals surface area (Å²) in [4.78, 5) is 18.1. The van der Waals surface area contributed by atoms with E-state index in [0.29, 0.717) is 6.61 Å². The summed E-state index contributed by atoms with van der Waals surface area (Å²) in [5.41, 5.74) is -0.213. The summed E-state index contributed by atoms with van der Waals surface area (Å²) in [6.07, 6.45) is 2.01. The van der Waals surface area contributed by atoms with Crippen molar-refractivity contribution in [2.75, 3.05) is 11.9 Å². The van der Waals surface area contributed by atoms with Gasteiger partial charge in [-0.1, -0.05) is 6.92 Å². The molecule has 0 fully saturated rings. The Morgan fingerprint density at radius 2 is 2.24 bits per heavy atom. The van der Waals surface area contributed by atoms with E-state index in [0.717, 1.165) is 6.42 Å². The molecule has 0 radical (unpaired) electrons. The first-order chi connectivity index (χ1) is 8.06. The Labute approximate surface area is 99.4 Å². The predicted octanol–water partition coefficient (Wildman–Crippen LogP) is 1.99. The molecule has 1 aromatic heterocycles. The molecule has 7 nitrogen and oxygen atoms in total. The topological polar surface area (TPSA) is 90.2 Å². The zero-order valence-corrected chi connectivity index (χ0v) is 10.1. The molecule has 0 saturated heterocycles. The van der Waals surface area contributed by atoms with E-state index in [-0.39, 0.29) is 23.4 Å². The number of anilines is 1. The lowest BCUT2D eigenvalue weighted by molar-refractivity contribution is -0.385. The first kappa shape index (κ1) is 13.1. The van der Waals surface area contributed by atoms with Crippen LogP contribution in [0.3, 0.4) is 0 Å². The van der Waals surface area contributed by atoms with Gasteiger partial charge in [0.2, 0.25) is 5.82 Å². The molecule has 94 valence electrons. The fourth-order valence-corrected chi connectivity index (χ4v) is 1.21. The third-order valence-electron chi connectivity index (χ3n) is 1.84. The van der Waals surface area contributed by atoms with Gasteiger partial charge in [-0.25, -0.2) is 4.98 Å². The maximum atomic E-state index is 11.0. The van der Waals surface area contributed by atoms with Crippen molar-refractivity contribution in [2.45, 2.75) is 33.2 Å². The van der Waals surface area contributed by atoms with Gasteiger partial charge in [0.15, 0.2) is 0 Å². The van der Waals surface area contributed by atoms with Crippen LogP contribution in [-0.4, -0.2) is 27.5 Å². The highest BCUT2D eigenvalue weighted by molar-refractivity contribution is 5.61. The molecule has 0 aliphatic heterocycles. The van der Waals surface area contributed by atoms with E-state index in [4.69, 9.17) is 4.74 Å². The van der Waals surface area contributed by atoms with Gasteiger partial charge in [-0.05, 0) is 20.3 Å². The molecule has 1 heterocycles. The number of hydrogen-bond donors (Lipinski definition) is 1. The number of rotatable bonds is 6. The number of aromatic nitrogens is 2. The van der Waals surface area contributed by atoms with Gasteiger partial charge in [0, 0.05) is 6.04 Å². The first-order valence-corrected chi connectivity index (χ1v) is 5.45. The number of hydrogen-bond acceptors (Lipinski definition) is 6. The highest BCUT2D eigenvalue weighted by atomic mass is 16.6. The van der Waals surface area contributed by atoms with Crippen molar-refractivity contribution in [3.8, 4) is 5.88 Å². The standard InChI is InChI=1S/C10H16N4O3/c1-4-5-17-10-8(14(15)16)9(11-6-12-10)13-7(2)3/h6-7H,4-5H2,1-3H3,(H,11,12,13). The average molecular weight is 240 g/mol. The molecule has 0 aliphatic carbocycles. The van der Waals surface area contributed by atoms with Crippen molar-refractivity contribution >= 4 is 11.5 Å². The lowest BCUT2D eigenvalue weighted by Gasteiger charge is -2.10. The van der Waals surface area contributed by atoms with Gasteiger partial charge in [0.1, 0.15) is 6.33 Å². The first-order valence-electron chi connectivity index (χ1n) is 5.45. The van der Waals surface area contributed by atoms with Gasteiger partial charge in [-0.3, -0.25) is 10.1 Å². The third-order valence-corrected chi connectivity index (χ3v) is 1.84. The van der Waals surface area contributed by atoms with Crippen LogP contribution in [0.2, 0.25) is 0 Å².